The van der Waals surface area contributed by atoms with Crippen molar-refractivity contribution in [2.75, 3.05) is 4.90 Å². The summed E-state index contributed by atoms with van der Waals surface area (Å²) in [4.78, 5) is 6.77. The summed E-state index contributed by atoms with van der Waals surface area (Å²) in [5.41, 5.74) is 7.27. The third-order valence-electron chi connectivity index (χ3n) is 8.32. The number of hydrogen-bond donors (Lipinski definition) is 0. The zero-order valence-electron chi connectivity index (χ0n) is 23.1. The third kappa shape index (κ3) is 3.92. The van der Waals surface area contributed by atoms with Gasteiger partial charge in [0.15, 0.2) is 0 Å². The summed E-state index contributed by atoms with van der Waals surface area (Å²) < 4.78 is 8.67. The number of thiophene rings is 1. The molecule has 3 nitrogen and oxygen atoms in total. The lowest BCUT2D eigenvalue weighted by atomic mass is 9.98. The second-order valence-electron chi connectivity index (χ2n) is 10.8. The Morgan fingerprint density at radius 1 is 0.512 bits per heavy atom. The highest BCUT2D eigenvalue weighted by atomic mass is 32.1. The van der Waals surface area contributed by atoms with Crippen LogP contribution in [0.1, 0.15) is 0 Å². The van der Waals surface area contributed by atoms with Gasteiger partial charge in [0, 0.05) is 54.2 Å². The first kappa shape index (κ1) is 24.2. The van der Waals surface area contributed by atoms with E-state index in [1.807, 2.05) is 23.5 Å². The normalized spacial score (nSPS) is 11.7. The molecule has 4 heteroatoms. The van der Waals surface area contributed by atoms with E-state index < -0.39 is 0 Å². The van der Waals surface area contributed by atoms with Crippen LogP contribution in [0.5, 0.6) is 0 Å². The predicted octanol–water partition coefficient (Wildman–Crippen LogP) is 11.6. The van der Waals surface area contributed by atoms with Gasteiger partial charge in [-0.15, -0.1) is 11.3 Å². The molecule has 0 aliphatic heterocycles. The monoisotopic (exact) mass is 568 g/mol. The van der Waals surface area contributed by atoms with Gasteiger partial charge < -0.3 is 9.32 Å². The van der Waals surface area contributed by atoms with Crippen LogP contribution in [0, 0.1) is 0 Å². The molecule has 0 saturated carbocycles. The average molecular weight is 569 g/mol. The summed E-state index contributed by atoms with van der Waals surface area (Å²) in [6.45, 7) is 0. The van der Waals surface area contributed by atoms with E-state index >= 15 is 0 Å². The highest BCUT2D eigenvalue weighted by molar-refractivity contribution is 7.25. The molecule has 9 rings (SSSR count). The molecule has 0 aliphatic rings. The smallest absolute Gasteiger partial charge is 0.227 e. The zero-order valence-corrected chi connectivity index (χ0v) is 23.9. The minimum Gasteiger partial charge on any atom is -0.438 e. The van der Waals surface area contributed by atoms with Crippen molar-refractivity contribution in [3.05, 3.63) is 146 Å². The number of aromatic nitrogens is 1. The molecule has 0 atom stereocenters. The Morgan fingerprint density at radius 2 is 1.23 bits per heavy atom. The van der Waals surface area contributed by atoms with Crippen LogP contribution in [-0.2, 0) is 0 Å². The highest BCUT2D eigenvalue weighted by Crippen LogP contribution is 2.41. The van der Waals surface area contributed by atoms with Gasteiger partial charge >= 0.3 is 0 Å². The second kappa shape index (κ2) is 9.55. The largest absolute Gasteiger partial charge is 0.438 e. The van der Waals surface area contributed by atoms with E-state index in [9.17, 15) is 0 Å². The molecule has 6 aromatic carbocycles. The highest BCUT2D eigenvalue weighted by Gasteiger charge is 2.16. The molecule has 0 N–H and O–H groups in total. The minimum atomic E-state index is 0.676. The summed E-state index contributed by atoms with van der Waals surface area (Å²) in [6, 6.07) is 49.9. The Kier molecular flexibility index (Phi) is 5.37. The number of benzene rings is 6. The summed E-state index contributed by atoms with van der Waals surface area (Å²) in [5.74, 6) is 0. The van der Waals surface area contributed by atoms with E-state index in [0.29, 0.717) is 5.71 Å². The van der Waals surface area contributed by atoms with Crippen LogP contribution in [0.4, 0.5) is 17.1 Å². The van der Waals surface area contributed by atoms with E-state index in [-0.39, 0.29) is 0 Å². The fraction of sp³-hybridized carbons (Fsp3) is 0. The van der Waals surface area contributed by atoms with Gasteiger partial charge in [0.25, 0.3) is 0 Å². The summed E-state index contributed by atoms with van der Waals surface area (Å²) in [5, 5.41) is 7.15. The second-order valence-corrected chi connectivity index (χ2v) is 11.9. The van der Waals surface area contributed by atoms with Gasteiger partial charge in [0.2, 0.25) is 5.71 Å². The Morgan fingerprint density at radius 3 is 2.14 bits per heavy atom. The van der Waals surface area contributed by atoms with Crippen molar-refractivity contribution in [1.82, 2.24) is 4.98 Å². The van der Waals surface area contributed by atoms with Crippen molar-refractivity contribution in [3.8, 4) is 11.1 Å². The molecule has 0 bridgehead atoms. The van der Waals surface area contributed by atoms with Gasteiger partial charge in [-0.05, 0) is 88.6 Å². The van der Waals surface area contributed by atoms with E-state index in [2.05, 4.69) is 137 Å². The predicted molar refractivity (Wildman–Crippen MR) is 182 cm³/mol. The summed E-state index contributed by atoms with van der Waals surface area (Å²) in [7, 11) is 0. The van der Waals surface area contributed by atoms with E-state index in [1.54, 1.807) is 6.20 Å². The van der Waals surface area contributed by atoms with Crippen molar-refractivity contribution in [1.29, 1.82) is 0 Å². The first-order valence-electron chi connectivity index (χ1n) is 14.4. The Balaban J connectivity index is 1.15. The molecular formula is C39H24N2OS. The summed E-state index contributed by atoms with van der Waals surface area (Å²) in [6.07, 6.45) is 1.78. The fourth-order valence-corrected chi connectivity index (χ4v) is 7.43. The minimum absolute atomic E-state index is 0.676. The maximum absolute atomic E-state index is 6.06. The number of hydrogen-bond acceptors (Lipinski definition) is 4. The van der Waals surface area contributed by atoms with Gasteiger partial charge in [-0.3, -0.25) is 0 Å². The number of nitrogens with zero attached hydrogens (tertiary/aromatic N) is 2. The molecule has 3 aromatic heterocycles. The number of rotatable bonds is 4. The maximum Gasteiger partial charge on any atom is 0.227 e. The number of anilines is 3. The molecule has 43 heavy (non-hydrogen) atoms. The molecule has 0 radical (unpaired) electrons. The van der Waals surface area contributed by atoms with Gasteiger partial charge in [0.1, 0.15) is 5.58 Å². The van der Waals surface area contributed by atoms with Crippen LogP contribution in [-0.4, -0.2) is 4.98 Å². The first-order chi connectivity index (χ1) is 21.3. The van der Waals surface area contributed by atoms with E-state index in [0.717, 1.165) is 33.4 Å². The molecule has 0 unspecified atom stereocenters. The van der Waals surface area contributed by atoms with Crippen LogP contribution in [0.15, 0.2) is 150 Å². The van der Waals surface area contributed by atoms with Gasteiger partial charge in [0.05, 0.1) is 0 Å². The molecule has 0 amide bonds. The molecule has 0 spiro atoms. The average Bonchev–Trinajstić information content (AvgIpc) is 3.64. The molecule has 202 valence electrons. The van der Waals surface area contributed by atoms with Crippen molar-refractivity contribution in [2.24, 2.45) is 0 Å². The van der Waals surface area contributed by atoms with Crippen molar-refractivity contribution >= 4 is 81.4 Å². The Labute approximate surface area is 251 Å². The lowest BCUT2D eigenvalue weighted by molar-refractivity contribution is 0.654. The standard InChI is InChI=1S/C39H24N2OS/c1-2-7-28(8-3-1)41(30-19-20-32-31-9-4-5-11-36(31)43-37(32)24-30)29-17-14-25(15-18-29)27-13-12-26-16-21-35-38(34(26)23-27)33-10-6-22-40-39(33)42-35/h1-24H. The quantitative estimate of drug-likeness (QED) is 0.211. The van der Waals surface area contributed by atoms with Crippen molar-refractivity contribution in [2.45, 2.75) is 0 Å². The number of furan rings is 1. The van der Waals surface area contributed by atoms with Crippen LogP contribution in [0.25, 0.3) is 64.1 Å². The maximum atomic E-state index is 6.06. The van der Waals surface area contributed by atoms with Crippen LogP contribution in [0.3, 0.4) is 0 Å². The number of para-hydroxylation sites is 1. The molecule has 0 aliphatic carbocycles. The molecule has 3 heterocycles. The third-order valence-corrected chi connectivity index (χ3v) is 9.46. The van der Waals surface area contributed by atoms with Crippen LogP contribution in [0.2, 0.25) is 0 Å². The fourth-order valence-electron chi connectivity index (χ4n) is 6.29. The lowest BCUT2D eigenvalue weighted by Crippen LogP contribution is -2.09. The summed E-state index contributed by atoms with van der Waals surface area (Å²) >= 11 is 1.85. The Bertz CT molecular complexity index is 2460. The van der Waals surface area contributed by atoms with Gasteiger partial charge in [-0.25, -0.2) is 4.98 Å². The molecule has 0 saturated heterocycles. The number of pyridine rings is 1. The number of fused-ring (bicyclic) bond motifs is 8. The van der Waals surface area contributed by atoms with Crippen LogP contribution < -0.4 is 4.90 Å². The Hall–Kier alpha value is -5.45. The SMILES string of the molecule is c1ccc(N(c2ccc(-c3ccc4ccc5oc6ncccc6c5c4c3)cc2)c2ccc3c(c2)sc2ccccc23)cc1. The van der Waals surface area contributed by atoms with Crippen molar-refractivity contribution in [3.63, 3.8) is 0 Å². The lowest BCUT2D eigenvalue weighted by Gasteiger charge is -2.25. The van der Waals surface area contributed by atoms with E-state index in [4.69, 9.17) is 4.42 Å². The van der Waals surface area contributed by atoms with Crippen molar-refractivity contribution < 1.29 is 4.42 Å². The molecule has 9 aromatic rings. The molecular weight excluding hydrogens is 545 g/mol. The topological polar surface area (TPSA) is 29.3 Å². The zero-order chi connectivity index (χ0) is 28.3. The molecule has 0 fully saturated rings. The first-order valence-corrected chi connectivity index (χ1v) is 15.2. The van der Waals surface area contributed by atoms with E-state index in [1.165, 1.54) is 42.1 Å². The van der Waals surface area contributed by atoms with Crippen LogP contribution >= 0.6 is 11.3 Å². The van der Waals surface area contributed by atoms with Gasteiger partial charge in [-0.1, -0.05) is 72.8 Å². The van der Waals surface area contributed by atoms with Gasteiger partial charge in [-0.2, -0.15) is 0 Å².